The Bertz CT molecular complexity index is 1660. The number of likely N-dealkylation sites (tertiary alicyclic amines) is 1. The van der Waals surface area contributed by atoms with Crippen LogP contribution < -0.4 is 5.69 Å². The van der Waals surface area contributed by atoms with Gasteiger partial charge in [-0.05, 0) is 43.5 Å². The highest BCUT2D eigenvalue weighted by molar-refractivity contribution is 6.31. The maximum atomic E-state index is 13.0. The molecule has 2 aromatic carbocycles. The van der Waals surface area contributed by atoms with E-state index in [9.17, 15) is 14.7 Å². The van der Waals surface area contributed by atoms with Crippen LogP contribution in [-0.2, 0) is 31.4 Å². The summed E-state index contributed by atoms with van der Waals surface area (Å²) in [6.07, 6.45) is 1.81. The molecule has 10 heteroatoms. The maximum Gasteiger partial charge on any atom is 0.329 e. The van der Waals surface area contributed by atoms with Crippen molar-refractivity contribution >= 4 is 28.5 Å². The van der Waals surface area contributed by atoms with Gasteiger partial charge >= 0.3 is 5.69 Å². The van der Waals surface area contributed by atoms with Crippen LogP contribution in [0.1, 0.15) is 42.6 Å². The molecule has 2 aliphatic rings. The van der Waals surface area contributed by atoms with Gasteiger partial charge in [0.25, 0.3) is 0 Å². The number of aryl methyl sites for hydroxylation is 2. The Balaban J connectivity index is 1.16. The number of aromatic nitrogens is 4. The number of β-amino-alcohol motifs (C(OH)–C–C–N with tert-alkyl or cyclic N) is 1. The number of para-hydroxylation sites is 2. The van der Waals surface area contributed by atoms with Gasteiger partial charge in [0, 0.05) is 81.0 Å². The Morgan fingerprint density at radius 3 is 2.54 bits per heavy atom. The first-order valence-corrected chi connectivity index (χ1v) is 14.8. The quantitative estimate of drug-likeness (QED) is 0.377. The average Bonchev–Trinajstić information content (AvgIpc) is 3.44. The first-order chi connectivity index (χ1) is 19.7. The van der Waals surface area contributed by atoms with Gasteiger partial charge in [0.1, 0.15) is 0 Å². The highest BCUT2D eigenvalue weighted by Gasteiger charge is 2.29. The summed E-state index contributed by atoms with van der Waals surface area (Å²) in [6.45, 7) is 7.26. The summed E-state index contributed by atoms with van der Waals surface area (Å²) in [6, 6.07) is 14.0. The minimum atomic E-state index is -0.601. The van der Waals surface area contributed by atoms with E-state index in [0.29, 0.717) is 37.6 Å². The van der Waals surface area contributed by atoms with Crippen LogP contribution >= 0.6 is 11.6 Å². The van der Waals surface area contributed by atoms with E-state index in [1.165, 1.54) is 0 Å². The van der Waals surface area contributed by atoms with Gasteiger partial charge in [-0.15, -0.1) is 0 Å². The molecular weight excluding hydrogens is 540 g/mol. The number of imidazole rings is 1. The summed E-state index contributed by atoms with van der Waals surface area (Å²) >= 11 is 6.45. The van der Waals surface area contributed by atoms with Crippen LogP contribution in [0.3, 0.4) is 0 Å². The molecule has 4 aromatic rings. The predicted molar refractivity (Wildman–Crippen MR) is 160 cm³/mol. The number of aliphatic hydroxyl groups is 1. The molecule has 1 amide bonds. The number of amides is 1. The number of carbonyl (C=O) groups is 1. The maximum absolute atomic E-state index is 13.0. The highest BCUT2D eigenvalue weighted by atomic mass is 35.5. The molecule has 1 unspecified atom stereocenters. The molecule has 0 radical (unpaired) electrons. The first kappa shape index (κ1) is 27.8. The van der Waals surface area contributed by atoms with E-state index in [0.717, 1.165) is 65.0 Å². The van der Waals surface area contributed by atoms with E-state index in [-0.39, 0.29) is 17.6 Å². The summed E-state index contributed by atoms with van der Waals surface area (Å²) in [7, 11) is 1.83. The van der Waals surface area contributed by atoms with Crippen molar-refractivity contribution in [1.29, 1.82) is 0 Å². The molecule has 1 atom stereocenters. The number of aliphatic hydroxyl groups excluding tert-OH is 1. The normalized spacial score (nSPS) is 17.2. The third kappa shape index (κ3) is 5.22. The monoisotopic (exact) mass is 576 g/mol. The van der Waals surface area contributed by atoms with Gasteiger partial charge in [0.05, 0.1) is 29.4 Å². The Labute approximate surface area is 244 Å². The standard InChI is InChI=1S/C31H37ClN6O3/c1-20-8-9-22(16-26(20)32)30-25-19-36(21(2)39)15-12-27(25)37(33-30)18-24(40)17-35-13-10-23(11-14-35)38-29-7-5-4-6-28(29)34(3)31(38)41/h4-9,16,23-24,40H,10-15,17-19H2,1-3H3. The fourth-order valence-electron chi connectivity index (χ4n) is 6.47. The summed E-state index contributed by atoms with van der Waals surface area (Å²) < 4.78 is 5.61. The van der Waals surface area contributed by atoms with Crippen molar-refractivity contribution in [3.8, 4) is 11.3 Å². The fourth-order valence-corrected chi connectivity index (χ4v) is 6.65. The number of carbonyl (C=O) groups excluding carboxylic acids is 1. The van der Waals surface area contributed by atoms with Crippen LogP contribution in [-0.4, -0.2) is 72.0 Å². The summed E-state index contributed by atoms with van der Waals surface area (Å²) in [5, 5.41) is 16.8. The van der Waals surface area contributed by atoms with Gasteiger partial charge < -0.3 is 14.9 Å². The number of piperidine rings is 1. The van der Waals surface area contributed by atoms with Gasteiger partial charge in [0.2, 0.25) is 5.91 Å². The second-order valence-corrected chi connectivity index (χ2v) is 11.9. The Morgan fingerprint density at radius 1 is 1.10 bits per heavy atom. The van der Waals surface area contributed by atoms with Gasteiger partial charge in [-0.2, -0.15) is 5.10 Å². The average molecular weight is 577 g/mol. The van der Waals surface area contributed by atoms with Crippen LogP contribution in [0, 0.1) is 6.92 Å². The molecule has 9 nitrogen and oxygen atoms in total. The highest BCUT2D eigenvalue weighted by Crippen LogP contribution is 2.33. The molecule has 1 fully saturated rings. The van der Waals surface area contributed by atoms with Crippen LogP contribution in [0.15, 0.2) is 47.3 Å². The molecule has 216 valence electrons. The number of fused-ring (bicyclic) bond motifs is 2. The molecule has 2 aromatic heterocycles. The fraction of sp³-hybridized carbons (Fsp3) is 0.452. The van der Waals surface area contributed by atoms with Crippen molar-refractivity contribution in [2.24, 2.45) is 7.05 Å². The van der Waals surface area contributed by atoms with Crippen LogP contribution in [0.2, 0.25) is 5.02 Å². The van der Waals surface area contributed by atoms with Crippen molar-refractivity contribution in [3.05, 3.63) is 74.8 Å². The Hall–Kier alpha value is -3.40. The molecule has 1 saturated heterocycles. The molecular formula is C31H37ClN6O3. The predicted octanol–water partition coefficient (Wildman–Crippen LogP) is 3.77. The zero-order valence-electron chi connectivity index (χ0n) is 23.9. The van der Waals surface area contributed by atoms with Crippen molar-refractivity contribution in [3.63, 3.8) is 0 Å². The number of halogens is 1. The third-order valence-electron chi connectivity index (χ3n) is 8.80. The van der Waals surface area contributed by atoms with Gasteiger partial charge in [0.15, 0.2) is 0 Å². The lowest BCUT2D eigenvalue weighted by Gasteiger charge is -2.33. The molecule has 0 bridgehead atoms. The molecule has 4 heterocycles. The van der Waals surface area contributed by atoms with Crippen LogP contribution in [0.4, 0.5) is 0 Å². The summed E-state index contributed by atoms with van der Waals surface area (Å²) in [5.74, 6) is 0.0467. The van der Waals surface area contributed by atoms with E-state index < -0.39 is 6.10 Å². The number of nitrogens with zero attached hydrogens (tertiary/aromatic N) is 6. The Morgan fingerprint density at radius 2 is 1.83 bits per heavy atom. The molecule has 41 heavy (non-hydrogen) atoms. The number of rotatable bonds is 6. The van der Waals surface area contributed by atoms with E-state index in [2.05, 4.69) is 4.90 Å². The van der Waals surface area contributed by atoms with Gasteiger partial charge in [-0.3, -0.25) is 18.6 Å². The van der Waals surface area contributed by atoms with Gasteiger partial charge in [-0.1, -0.05) is 35.9 Å². The van der Waals surface area contributed by atoms with E-state index in [4.69, 9.17) is 16.7 Å². The zero-order chi connectivity index (χ0) is 28.8. The van der Waals surface area contributed by atoms with Crippen LogP contribution in [0.25, 0.3) is 22.3 Å². The summed E-state index contributed by atoms with van der Waals surface area (Å²) in [5.41, 5.74) is 6.80. The molecule has 0 aliphatic carbocycles. The minimum absolute atomic E-state index is 0.0298. The summed E-state index contributed by atoms with van der Waals surface area (Å²) in [4.78, 5) is 29.3. The van der Waals surface area contributed by atoms with Crippen molar-refractivity contribution in [2.45, 2.75) is 58.3 Å². The van der Waals surface area contributed by atoms with Crippen molar-refractivity contribution < 1.29 is 9.90 Å². The van der Waals surface area contributed by atoms with E-state index in [1.54, 1.807) is 11.5 Å². The topological polar surface area (TPSA) is 88.5 Å². The van der Waals surface area contributed by atoms with Crippen molar-refractivity contribution in [2.75, 3.05) is 26.2 Å². The van der Waals surface area contributed by atoms with E-state index >= 15 is 0 Å². The zero-order valence-corrected chi connectivity index (χ0v) is 24.6. The number of hydrogen-bond acceptors (Lipinski definition) is 5. The SMILES string of the molecule is CC(=O)N1CCc2c(c(-c3ccc(C)c(Cl)c3)nn2CC(O)CN2CCC(n3c(=O)n(C)c4ccccc43)CC2)C1. The number of benzene rings is 2. The lowest BCUT2D eigenvalue weighted by atomic mass is 10.00. The lowest BCUT2D eigenvalue weighted by Crippen LogP contribution is -2.42. The van der Waals surface area contributed by atoms with Gasteiger partial charge in [-0.25, -0.2) is 4.79 Å². The largest absolute Gasteiger partial charge is 0.390 e. The van der Waals surface area contributed by atoms with Crippen LogP contribution in [0.5, 0.6) is 0 Å². The molecule has 2 aliphatic heterocycles. The minimum Gasteiger partial charge on any atom is -0.390 e. The molecule has 1 N–H and O–H groups in total. The first-order valence-electron chi connectivity index (χ1n) is 14.4. The molecule has 0 saturated carbocycles. The second kappa shape index (κ2) is 11.1. The smallest absolute Gasteiger partial charge is 0.329 e. The Kier molecular flexibility index (Phi) is 7.52. The van der Waals surface area contributed by atoms with Crippen molar-refractivity contribution in [1.82, 2.24) is 28.7 Å². The lowest BCUT2D eigenvalue weighted by molar-refractivity contribution is -0.129. The molecule has 0 spiro atoms. The molecule has 6 rings (SSSR count). The number of hydrogen-bond donors (Lipinski definition) is 1. The second-order valence-electron chi connectivity index (χ2n) is 11.5. The third-order valence-corrected chi connectivity index (χ3v) is 9.20. The van der Waals surface area contributed by atoms with E-state index in [1.807, 2.05) is 70.6 Å².